The normalized spacial score (nSPS) is 11.9. The lowest BCUT2D eigenvalue weighted by Gasteiger charge is -2.18. The van der Waals surface area contributed by atoms with Crippen molar-refractivity contribution in [3.8, 4) is 0 Å². The van der Waals surface area contributed by atoms with E-state index in [2.05, 4.69) is 20.6 Å². The summed E-state index contributed by atoms with van der Waals surface area (Å²) in [5, 5.41) is 5.87. The highest BCUT2D eigenvalue weighted by molar-refractivity contribution is 7.98. The van der Waals surface area contributed by atoms with E-state index in [0.29, 0.717) is 39.5 Å². The zero-order valence-electron chi connectivity index (χ0n) is 15.0. The number of rotatable bonds is 7. The third-order valence-corrected chi connectivity index (χ3v) is 5.11. The molecule has 0 saturated heterocycles. The molecule has 1 aromatic heterocycles. The summed E-state index contributed by atoms with van der Waals surface area (Å²) in [6, 6.07) is 11.0. The number of carbonyl (C=O) groups is 2. The first-order valence-corrected chi connectivity index (χ1v) is 10.3. The number of thioether (sulfide) groups is 1. The van der Waals surface area contributed by atoms with Crippen LogP contribution in [0.3, 0.4) is 0 Å². The van der Waals surface area contributed by atoms with Crippen LogP contribution in [0.4, 0.5) is 5.69 Å². The Kier molecular flexibility index (Phi) is 6.43. The summed E-state index contributed by atoms with van der Waals surface area (Å²) in [5.41, 5.74) is 1.76. The second-order valence-corrected chi connectivity index (χ2v) is 7.51. The number of nitrogens with one attached hydrogen (secondary N) is 4. The fourth-order valence-corrected chi connectivity index (χ4v) is 3.42. The Balaban J connectivity index is 1.75. The van der Waals surface area contributed by atoms with Crippen LogP contribution in [0.2, 0.25) is 5.02 Å². The van der Waals surface area contributed by atoms with E-state index in [0.717, 1.165) is 0 Å². The lowest BCUT2D eigenvalue weighted by Crippen LogP contribution is -2.44. The van der Waals surface area contributed by atoms with Crippen molar-refractivity contribution in [3.05, 3.63) is 63.5 Å². The highest BCUT2D eigenvalue weighted by Gasteiger charge is 2.22. The van der Waals surface area contributed by atoms with Gasteiger partial charge in [-0.25, -0.2) is 4.79 Å². The molecule has 0 aliphatic rings. The zero-order chi connectivity index (χ0) is 20.1. The van der Waals surface area contributed by atoms with Gasteiger partial charge in [-0.1, -0.05) is 23.7 Å². The molecule has 28 heavy (non-hydrogen) atoms. The van der Waals surface area contributed by atoms with Crippen LogP contribution in [0.15, 0.2) is 47.3 Å². The topological polar surface area (TPSA) is 107 Å². The van der Waals surface area contributed by atoms with Gasteiger partial charge in [0.05, 0.1) is 21.6 Å². The molecule has 0 saturated carbocycles. The van der Waals surface area contributed by atoms with Gasteiger partial charge in [-0.3, -0.25) is 9.59 Å². The maximum atomic E-state index is 12.8. The maximum Gasteiger partial charge on any atom is 0.323 e. The van der Waals surface area contributed by atoms with Gasteiger partial charge in [0.15, 0.2) is 0 Å². The van der Waals surface area contributed by atoms with Crippen molar-refractivity contribution in [3.63, 3.8) is 0 Å². The number of aromatic amines is 2. The number of halogens is 1. The third-order valence-electron chi connectivity index (χ3n) is 4.13. The summed E-state index contributed by atoms with van der Waals surface area (Å²) < 4.78 is 0. The van der Waals surface area contributed by atoms with E-state index in [1.54, 1.807) is 54.2 Å². The van der Waals surface area contributed by atoms with Crippen molar-refractivity contribution < 1.29 is 9.59 Å². The molecule has 1 heterocycles. The number of amides is 2. The first kappa shape index (κ1) is 20.0. The minimum atomic E-state index is -0.725. The van der Waals surface area contributed by atoms with Gasteiger partial charge in [0.25, 0.3) is 5.91 Å². The molecular formula is C19H19ClN4O3S. The standard InChI is InChI=1S/C19H19ClN4O3S/c1-28-9-8-15(22-17(25)12-4-2-3-5-13(12)20)18(26)21-11-6-7-14-16(10-11)24-19(27)23-14/h2-7,10,15H,8-9H2,1H3,(H,21,26)(H,22,25)(H2,23,24,27). The van der Waals surface area contributed by atoms with Crippen LogP contribution in [0.25, 0.3) is 11.0 Å². The second-order valence-electron chi connectivity index (χ2n) is 6.12. The summed E-state index contributed by atoms with van der Waals surface area (Å²) in [7, 11) is 0. The molecule has 0 radical (unpaired) electrons. The number of benzene rings is 2. The third kappa shape index (κ3) is 4.76. The van der Waals surface area contributed by atoms with Gasteiger partial charge in [-0.05, 0) is 48.8 Å². The molecule has 0 bridgehead atoms. The first-order valence-electron chi connectivity index (χ1n) is 8.55. The van der Waals surface area contributed by atoms with Crippen molar-refractivity contribution >= 4 is 51.9 Å². The Hall–Kier alpha value is -2.71. The minimum Gasteiger partial charge on any atom is -0.340 e. The van der Waals surface area contributed by atoms with E-state index >= 15 is 0 Å². The van der Waals surface area contributed by atoms with E-state index in [9.17, 15) is 14.4 Å². The van der Waals surface area contributed by atoms with Gasteiger partial charge < -0.3 is 20.6 Å². The molecule has 4 N–H and O–H groups in total. The average molecular weight is 419 g/mol. The van der Waals surface area contributed by atoms with Crippen molar-refractivity contribution in [1.82, 2.24) is 15.3 Å². The number of hydrogen-bond acceptors (Lipinski definition) is 4. The van der Waals surface area contributed by atoms with Crippen LogP contribution in [0.5, 0.6) is 0 Å². The number of anilines is 1. The largest absolute Gasteiger partial charge is 0.340 e. The SMILES string of the molecule is CSCCC(NC(=O)c1ccccc1Cl)C(=O)Nc1ccc2[nH]c(=O)[nH]c2c1. The van der Waals surface area contributed by atoms with Crippen LogP contribution >= 0.6 is 23.4 Å². The molecule has 7 nitrogen and oxygen atoms in total. The predicted molar refractivity (Wildman–Crippen MR) is 113 cm³/mol. The average Bonchev–Trinajstić information content (AvgIpc) is 3.04. The van der Waals surface area contributed by atoms with E-state index in [1.807, 2.05) is 6.26 Å². The van der Waals surface area contributed by atoms with Crippen molar-refractivity contribution in [2.45, 2.75) is 12.5 Å². The molecule has 2 aromatic carbocycles. The van der Waals surface area contributed by atoms with Gasteiger partial charge in [0.1, 0.15) is 6.04 Å². The monoisotopic (exact) mass is 418 g/mol. The Morgan fingerprint density at radius 3 is 2.64 bits per heavy atom. The summed E-state index contributed by atoms with van der Waals surface area (Å²) in [6.45, 7) is 0. The van der Waals surface area contributed by atoms with Gasteiger partial charge in [-0.2, -0.15) is 11.8 Å². The predicted octanol–water partition coefficient (Wildman–Crippen LogP) is 3.00. The Morgan fingerprint density at radius 2 is 1.89 bits per heavy atom. The summed E-state index contributed by atoms with van der Waals surface area (Å²) in [5.74, 6) is -0.0469. The second kappa shape index (κ2) is 8.99. The molecule has 2 amide bonds. The van der Waals surface area contributed by atoms with E-state index in [1.165, 1.54) is 0 Å². The Labute approximate surface area is 170 Å². The number of imidazole rings is 1. The summed E-state index contributed by atoms with van der Waals surface area (Å²) >= 11 is 7.66. The number of carbonyl (C=O) groups excluding carboxylic acids is 2. The first-order chi connectivity index (χ1) is 13.5. The highest BCUT2D eigenvalue weighted by Crippen LogP contribution is 2.17. The fraction of sp³-hybridized carbons (Fsp3) is 0.211. The fourth-order valence-electron chi connectivity index (χ4n) is 2.73. The number of H-pyrrole nitrogens is 2. The Bertz CT molecular complexity index is 1060. The smallest absolute Gasteiger partial charge is 0.323 e. The Morgan fingerprint density at radius 1 is 1.14 bits per heavy atom. The number of aromatic nitrogens is 2. The van der Waals surface area contributed by atoms with Crippen molar-refractivity contribution in [2.24, 2.45) is 0 Å². The van der Waals surface area contributed by atoms with Gasteiger partial charge >= 0.3 is 5.69 Å². The molecule has 1 atom stereocenters. The van der Waals surface area contributed by atoms with Gasteiger partial charge in [-0.15, -0.1) is 0 Å². The molecule has 146 valence electrons. The maximum absolute atomic E-state index is 12.8. The lowest BCUT2D eigenvalue weighted by molar-refractivity contribution is -0.118. The molecule has 3 aromatic rings. The van der Waals surface area contributed by atoms with E-state index in [4.69, 9.17) is 11.6 Å². The molecule has 1 unspecified atom stereocenters. The van der Waals surface area contributed by atoms with E-state index in [-0.39, 0.29) is 11.6 Å². The highest BCUT2D eigenvalue weighted by atomic mass is 35.5. The molecule has 0 aliphatic carbocycles. The van der Waals surface area contributed by atoms with Crippen LogP contribution in [-0.4, -0.2) is 39.8 Å². The molecule has 9 heteroatoms. The molecule has 0 spiro atoms. The molecular weight excluding hydrogens is 400 g/mol. The van der Waals surface area contributed by atoms with Crippen LogP contribution in [-0.2, 0) is 4.79 Å². The van der Waals surface area contributed by atoms with Crippen LogP contribution in [0, 0.1) is 0 Å². The van der Waals surface area contributed by atoms with Crippen molar-refractivity contribution in [1.29, 1.82) is 0 Å². The summed E-state index contributed by atoms with van der Waals surface area (Å²) in [6.07, 6.45) is 2.40. The lowest BCUT2D eigenvalue weighted by atomic mass is 10.1. The zero-order valence-corrected chi connectivity index (χ0v) is 16.6. The minimum absolute atomic E-state index is 0.316. The number of fused-ring (bicyclic) bond motifs is 1. The van der Waals surface area contributed by atoms with Gasteiger partial charge in [0.2, 0.25) is 5.91 Å². The number of hydrogen-bond donors (Lipinski definition) is 4. The molecule has 3 rings (SSSR count). The molecule has 0 aliphatic heterocycles. The summed E-state index contributed by atoms with van der Waals surface area (Å²) in [4.78, 5) is 42.0. The van der Waals surface area contributed by atoms with Crippen molar-refractivity contribution in [2.75, 3.05) is 17.3 Å². The van der Waals surface area contributed by atoms with Crippen LogP contribution < -0.4 is 16.3 Å². The van der Waals surface area contributed by atoms with Gasteiger partial charge in [0, 0.05) is 5.69 Å². The van der Waals surface area contributed by atoms with Crippen LogP contribution in [0.1, 0.15) is 16.8 Å². The quantitative estimate of drug-likeness (QED) is 0.473. The molecule has 0 fully saturated rings. The van der Waals surface area contributed by atoms with E-state index < -0.39 is 11.9 Å².